The van der Waals surface area contributed by atoms with E-state index in [2.05, 4.69) is 36.8 Å². The number of rotatable bonds is 1. The summed E-state index contributed by atoms with van der Waals surface area (Å²) < 4.78 is 6.89. The highest BCUT2D eigenvalue weighted by atomic mass is 79.9. The summed E-state index contributed by atoms with van der Waals surface area (Å²) in [6.07, 6.45) is 0. The third-order valence-electron chi connectivity index (χ3n) is 2.83. The van der Waals surface area contributed by atoms with Crippen molar-refractivity contribution in [3.05, 3.63) is 36.5 Å². The van der Waals surface area contributed by atoms with Crippen LogP contribution in [0.5, 0.6) is 5.75 Å². The van der Waals surface area contributed by atoms with E-state index in [-0.39, 0.29) is 5.43 Å². The molecular weight excluding hydrogens is 350 g/mol. The van der Waals surface area contributed by atoms with Gasteiger partial charge in [0.25, 0.3) is 0 Å². The lowest BCUT2D eigenvalue weighted by molar-refractivity contribution is 0.417. The summed E-state index contributed by atoms with van der Waals surface area (Å²) in [6, 6.07) is 1.87. The van der Waals surface area contributed by atoms with Crippen molar-refractivity contribution in [2.24, 2.45) is 0 Å². The van der Waals surface area contributed by atoms with Crippen molar-refractivity contribution in [2.75, 3.05) is 7.11 Å². The molecule has 0 amide bonds. The summed E-state index contributed by atoms with van der Waals surface area (Å²) in [4.78, 5) is 15.5. The molecule has 2 rings (SSSR count). The third kappa shape index (κ3) is 1.91. The van der Waals surface area contributed by atoms with Gasteiger partial charge in [0.05, 0.1) is 22.5 Å². The van der Waals surface area contributed by atoms with E-state index < -0.39 is 0 Å². The number of nitrogens with one attached hydrogen (secondary N) is 1. The molecule has 0 saturated carbocycles. The topological polar surface area (TPSA) is 42.1 Å². The summed E-state index contributed by atoms with van der Waals surface area (Å²) in [7, 11) is 1.56. The van der Waals surface area contributed by atoms with Crippen molar-refractivity contribution in [2.45, 2.75) is 13.8 Å². The highest BCUT2D eigenvalue weighted by Crippen LogP contribution is 2.36. The van der Waals surface area contributed by atoms with Gasteiger partial charge in [0.15, 0.2) is 5.43 Å². The molecule has 17 heavy (non-hydrogen) atoms. The van der Waals surface area contributed by atoms with E-state index in [0.717, 1.165) is 20.2 Å². The van der Waals surface area contributed by atoms with E-state index in [0.29, 0.717) is 16.7 Å². The van der Waals surface area contributed by atoms with Gasteiger partial charge in [-0.1, -0.05) is 0 Å². The number of H-pyrrole nitrogens is 1. The minimum Gasteiger partial charge on any atom is -0.495 e. The number of aromatic nitrogens is 1. The Hall–Kier alpha value is -0.810. The largest absolute Gasteiger partial charge is 0.495 e. The highest BCUT2D eigenvalue weighted by molar-refractivity contribution is 9.11. The Labute approximate surface area is 115 Å². The maximum absolute atomic E-state index is 12.3. The smallest absolute Gasteiger partial charge is 0.196 e. The molecule has 1 aromatic heterocycles. The van der Waals surface area contributed by atoms with E-state index in [1.165, 1.54) is 0 Å². The quantitative estimate of drug-likeness (QED) is 0.842. The van der Waals surface area contributed by atoms with Crippen molar-refractivity contribution in [3.8, 4) is 5.75 Å². The van der Waals surface area contributed by atoms with Crippen LogP contribution < -0.4 is 10.2 Å². The molecule has 0 radical (unpaired) electrons. The Kier molecular flexibility index (Phi) is 3.32. The maximum Gasteiger partial charge on any atom is 0.196 e. The summed E-state index contributed by atoms with van der Waals surface area (Å²) >= 11 is 6.85. The SMILES string of the molecule is COc1c(Br)cc(Br)c2[nH]c(C)c(C)c(=O)c12. The Morgan fingerprint density at radius 2 is 1.88 bits per heavy atom. The van der Waals surface area contributed by atoms with Crippen molar-refractivity contribution >= 4 is 42.8 Å². The lowest BCUT2D eigenvalue weighted by Crippen LogP contribution is -2.11. The van der Waals surface area contributed by atoms with E-state index in [4.69, 9.17) is 4.74 Å². The number of hydrogen-bond donors (Lipinski definition) is 1. The second kappa shape index (κ2) is 4.46. The molecule has 90 valence electrons. The van der Waals surface area contributed by atoms with Gasteiger partial charge in [0, 0.05) is 15.7 Å². The summed E-state index contributed by atoms with van der Waals surface area (Å²) in [5, 5.41) is 0.567. The number of methoxy groups -OCH3 is 1. The molecule has 3 nitrogen and oxygen atoms in total. The van der Waals surface area contributed by atoms with Gasteiger partial charge in [0.2, 0.25) is 0 Å². The molecule has 0 aliphatic heterocycles. The van der Waals surface area contributed by atoms with E-state index in [1.54, 1.807) is 7.11 Å². The van der Waals surface area contributed by atoms with Crippen LogP contribution in [0.2, 0.25) is 0 Å². The molecule has 0 aliphatic rings. The molecule has 1 aromatic carbocycles. The number of aromatic amines is 1. The Balaban J connectivity index is 3.11. The van der Waals surface area contributed by atoms with E-state index in [9.17, 15) is 4.79 Å². The van der Waals surface area contributed by atoms with Crippen LogP contribution >= 0.6 is 31.9 Å². The fraction of sp³-hybridized carbons (Fsp3) is 0.250. The Morgan fingerprint density at radius 3 is 2.47 bits per heavy atom. The van der Waals surface area contributed by atoms with Crippen LogP contribution in [0.4, 0.5) is 0 Å². The molecule has 1 N–H and O–H groups in total. The minimum absolute atomic E-state index is 0.00454. The van der Waals surface area contributed by atoms with E-state index >= 15 is 0 Å². The second-order valence-electron chi connectivity index (χ2n) is 3.83. The normalized spacial score (nSPS) is 10.9. The summed E-state index contributed by atoms with van der Waals surface area (Å²) in [5.41, 5.74) is 2.33. The molecular formula is C12H11Br2NO2. The zero-order valence-corrected chi connectivity index (χ0v) is 12.8. The first-order valence-corrected chi connectivity index (χ1v) is 6.61. The number of benzene rings is 1. The molecule has 1 heterocycles. The number of aryl methyl sites for hydroxylation is 1. The predicted octanol–water partition coefficient (Wildman–Crippen LogP) is 3.68. The summed E-state index contributed by atoms with van der Waals surface area (Å²) in [6.45, 7) is 3.69. The fourth-order valence-electron chi connectivity index (χ4n) is 1.78. The van der Waals surface area contributed by atoms with Crippen molar-refractivity contribution in [1.82, 2.24) is 4.98 Å². The van der Waals surface area contributed by atoms with Crippen molar-refractivity contribution in [3.63, 3.8) is 0 Å². The predicted molar refractivity (Wildman–Crippen MR) is 76.0 cm³/mol. The number of fused-ring (bicyclic) bond motifs is 1. The first-order chi connectivity index (χ1) is 7.97. The third-order valence-corrected chi connectivity index (χ3v) is 4.05. The van der Waals surface area contributed by atoms with E-state index in [1.807, 2.05) is 19.9 Å². The van der Waals surface area contributed by atoms with Gasteiger partial charge in [-0.2, -0.15) is 0 Å². The standard InChI is InChI=1S/C12H11Br2NO2/c1-5-6(2)15-10-7(13)4-8(14)12(17-3)9(10)11(5)16/h4H,1-3H3,(H,15,16). The van der Waals surface area contributed by atoms with Crippen molar-refractivity contribution in [1.29, 1.82) is 0 Å². The molecule has 0 bridgehead atoms. The fourth-order valence-corrected chi connectivity index (χ4v) is 3.20. The van der Waals surface area contributed by atoms with Crippen LogP contribution in [0.25, 0.3) is 10.9 Å². The van der Waals surface area contributed by atoms with Gasteiger partial charge in [-0.3, -0.25) is 4.79 Å². The first-order valence-electron chi connectivity index (χ1n) is 5.02. The Bertz CT molecular complexity index is 662. The van der Waals surface area contributed by atoms with Crippen LogP contribution in [0.15, 0.2) is 19.8 Å². The zero-order valence-electron chi connectivity index (χ0n) is 9.65. The molecule has 0 spiro atoms. The lowest BCUT2D eigenvalue weighted by Gasteiger charge is -2.11. The van der Waals surface area contributed by atoms with Gasteiger partial charge in [-0.15, -0.1) is 0 Å². The monoisotopic (exact) mass is 359 g/mol. The molecule has 2 aromatic rings. The molecule has 0 atom stereocenters. The van der Waals surface area contributed by atoms with Gasteiger partial charge >= 0.3 is 0 Å². The minimum atomic E-state index is -0.00454. The van der Waals surface area contributed by atoms with Gasteiger partial charge in [-0.05, 0) is 51.8 Å². The number of pyridine rings is 1. The lowest BCUT2D eigenvalue weighted by atomic mass is 10.1. The number of hydrogen-bond acceptors (Lipinski definition) is 2. The van der Waals surface area contributed by atoms with Crippen LogP contribution in [0.3, 0.4) is 0 Å². The molecule has 0 saturated heterocycles. The van der Waals surface area contributed by atoms with Crippen LogP contribution in [0.1, 0.15) is 11.3 Å². The zero-order chi connectivity index (χ0) is 12.7. The average molecular weight is 361 g/mol. The molecule has 0 aliphatic carbocycles. The molecule has 0 unspecified atom stereocenters. The first kappa shape index (κ1) is 12.6. The summed E-state index contributed by atoms with van der Waals surface area (Å²) in [5.74, 6) is 0.563. The molecule has 5 heteroatoms. The van der Waals surface area contributed by atoms with Gasteiger partial charge in [0.1, 0.15) is 5.75 Å². The highest BCUT2D eigenvalue weighted by Gasteiger charge is 2.15. The second-order valence-corrected chi connectivity index (χ2v) is 5.54. The van der Waals surface area contributed by atoms with Crippen LogP contribution in [-0.2, 0) is 0 Å². The van der Waals surface area contributed by atoms with Crippen LogP contribution in [-0.4, -0.2) is 12.1 Å². The van der Waals surface area contributed by atoms with Gasteiger partial charge in [-0.25, -0.2) is 0 Å². The van der Waals surface area contributed by atoms with Crippen LogP contribution in [0, 0.1) is 13.8 Å². The van der Waals surface area contributed by atoms with Crippen molar-refractivity contribution < 1.29 is 4.74 Å². The molecule has 0 fully saturated rings. The van der Waals surface area contributed by atoms with Gasteiger partial charge < -0.3 is 9.72 Å². The maximum atomic E-state index is 12.3. The Morgan fingerprint density at radius 1 is 1.24 bits per heavy atom. The average Bonchev–Trinajstić information content (AvgIpc) is 2.28. The number of halogens is 2. The number of ether oxygens (including phenoxy) is 1.